The SMILES string of the molecule is CCCCCC(=O)O[C@H](COC(=O)CCCCCCCCCCCN)COP(=O)(O)OC1[C@H](O)[C@H](OP(=O)(O)O)C(OP(=O)(O)O)[C@H](OP(=O)(O)O)[C@H]1O. The fourth-order valence-corrected chi connectivity index (χ4v) is 7.92. The van der Waals surface area contributed by atoms with E-state index in [2.05, 4.69) is 13.6 Å². The van der Waals surface area contributed by atoms with E-state index in [1.807, 2.05) is 6.92 Å². The van der Waals surface area contributed by atoms with Gasteiger partial charge in [-0.15, -0.1) is 0 Å². The molecular weight excluding hydrogens is 814 g/mol. The van der Waals surface area contributed by atoms with E-state index in [1.54, 1.807) is 0 Å². The molecule has 11 N–H and O–H groups in total. The average molecular weight is 870 g/mol. The van der Waals surface area contributed by atoms with Crippen LogP contribution in [-0.4, -0.2) is 119 Å². The van der Waals surface area contributed by atoms with Gasteiger partial charge in [-0.2, -0.15) is 0 Å². The summed E-state index contributed by atoms with van der Waals surface area (Å²) in [4.78, 5) is 91.2. The van der Waals surface area contributed by atoms with Crippen LogP contribution >= 0.6 is 31.3 Å². The molecule has 1 aliphatic carbocycles. The minimum Gasteiger partial charge on any atom is -0.462 e. The van der Waals surface area contributed by atoms with Crippen LogP contribution in [0.3, 0.4) is 0 Å². The Hall–Kier alpha value is -0.740. The Balaban J connectivity index is 3.03. The van der Waals surface area contributed by atoms with Crippen molar-refractivity contribution in [3.8, 4) is 0 Å². The van der Waals surface area contributed by atoms with Gasteiger partial charge in [0.25, 0.3) is 0 Å². The fraction of sp³-hybridized carbons (Fsp3) is 0.926. The Labute approximate surface area is 312 Å². The number of aliphatic hydroxyl groups excluding tert-OH is 2. The second-order valence-electron chi connectivity index (χ2n) is 12.5. The summed E-state index contributed by atoms with van der Waals surface area (Å²) in [6, 6.07) is 0. The maximum absolute atomic E-state index is 13.0. The summed E-state index contributed by atoms with van der Waals surface area (Å²) in [7, 11) is -22.9. The quantitative estimate of drug-likeness (QED) is 0.0289. The number of unbranched alkanes of at least 4 members (excludes halogenated alkanes) is 10. The highest BCUT2D eigenvalue weighted by atomic mass is 31.2. The first kappa shape index (κ1) is 51.3. The first-order valence-corrected chi connectivity index (χ1v) is 23.4. The number of esters is 2. The summed E-state index contributed by atoms with van der Waals surface area (Å²) in [6.07, 6.45) is -7.58. The molecule has 0 aromatic heterocycles. The van der Waals surface area contributed by atoms with Gasteiger partial charge in [0.15, 0.2) is 6.10 Å². The van der Waals surface area contributed by atoms with Gasteiger partial charge in [0.05, 0.1) is 6.61 Å². The van der Waals surface area contributed by atoms with Gasteiger partial charge in [-0.1, -0.05) is 64.7 Å². The van der Waals surface area contributed by atoms with E-state index in [-0.39, 0.29) is 12.8 Å². The summed E-state index contributed by atoms with van der Waals surface area (Å²) in [5, 5.41) is 21.5. The highest BCUT2D eigenvalue weighted by molar-refractivity contribution is 7.47. The second-order valence-corrected chi connectivity index (χ2v) is 17.5. The Bertz CT molecular complexity index is 1270. The smallest absolute Gasteiger partial charge is 0.462 e. The van der Waals surface area contributed by atoms with Crippen molar-refractivity contribution in [2.24, 2.45) is 5.73 Å². The number of carbonyl (C=O) groups is 2. The lowest BCUT2D eigenvalue weighted by Crippen LogP contribution is -2.65. The van der Waals surface area contributed by atoms with E-state index in [0.29, 0.717) is 25.8 Å². The highest BCUT2D eigenvalue weighted by Gasteiger charge is 2.59. The van der Waals surface area contributed by atoms with Crippen LogP contribution in [0.5, 0.6) is 0 Å². The molecule has 54 heavy (non-hydrogen) atoms. The van der Waals surface area contributed by atoms with Crippen LogP contribution in [0.25, 0.3) is 0 Å². The zero-order valence-electron chi connectivity index (χ0n) is 29.8. The highest BCUT2D eigenvalue weighted by Crippen LogP contribution is 2.53. The largest absolute Gasteiger partial charge is 0.472 e. The lowest BCUT2D eigenvalue weighted by molar-refractivity contribution is -0.209. The van der Waals surface area contributed by atoms with Crippen LogP contribution in [0.4, 0.5) is 0 Å². The maximum atomic E-state index is 13.0. The lowest BCUT2D eigenvalue weighted by atomic mass is 9.85. The standard InChI is InChI=1S/C27H55NO22P4/c1-2-3-11-15-21(30)46-19(17-44-20(29)14-12-9-7-5-4-6-8-10-13-16-28)18-45-54(42,43)50-24-22(31)25(47-51(33,34)35)27(49-53(39,40)41)26(23(24)32)48-52(36,37)38/h19,22-27,31-32H,2-18,28H2,1H3,(H,42,43)(H2,33,34,35)(H2,36,37,38)(H2,39,40,41)/t19-,22+,23+,24?,25-,26+,27?/m1/s1. The number of hydrogen-bond donors (Lipinski definition) is 10. The van der Waals surface area contributed by atoms with Gasteiger partial charge in [-0.25, -0.2) is 18.3 Å². The monoisotopic (exact) mass is 869 g/mol. The molecule has 1 rings (SSSR count). The molecule has 0 bridgehead atoms. The molecule has 8 atom stereocenters. The molecule has 320 valence electrons. The van der Waals surface area contributed by atoms with E-state index >= 15 is 0 Å². The second kappa shape index (κ2) is 24.9. The number of phosphoric ester groups is 4. The third-order valence-electron chi connectivity index (χ3n) is 7.75. The fourth-order valence-electron chi connectivity index (χ4n) is 5.27. The molecule has 1 saturated carbocycles. The summed E-state index contributed by atoms with van der Waals surface area (Å²) in [5.74, 6) is -1.45. The third-order valence-corrected chi connectivity index (χ3v) is 10.3. The lowest BCUT2D eigenvalue weighted by Gasteiger charge is -2.45. The van der Waals surface area contributed by atoms with E-state index in [0.717, 1.165) is 57.8 Å². The normalized spacial score (nSPS) is 24.1. The summed E-state index contributed by atoms with van der Waals surface area (Å²) >= 11 is 0. The number of nitrogens with two attached hydrogens (primary N) is 1. The Morgan fingerprint density at radius 3 is 1.46 bits per heavy atom. The summed E-state index contributed by atoms with van der Waals surface area (Å²) < 4.78 is 80.8. The first-order chi connectivity index (χ1) is 25.0. The van der Waals surface area contributed by atoms with Crippen LogP contribution in [0, 0.1) is 0 Å². The molecule has 1 aliphatic rings. The van der Waals surface area contributed by atoms with Crippen molar-refractivity contribution in [2.75, 3.05) is 19.8 Å². The zero-order chi connectivity index (χ0) is 41.2. The van der Waals surface area contributed by atoms with Crippen LogP contribution in [0.2, 0.25) is 0 Å². The number of aliphatic hydroxyl groups is 2. The minimum absolute atomic E-state index is 0.0238. The molecular formula is C27H55NO22P4. The molecule has 1 fully saturated rings. The molecule has 0 aliphatic heterocycles. The van der Waals surface area contributed by atoms with Crippen molar-refractivity contribution in [3.63, 3.8) is 0 Å². The Morgan fingerprint density at radius 1 is 0.574 bits per heavy atom. The summed E-state index contributed by atoms with van der Waals surface area (Å²) in [5.41, 5.74) is 5.48. The van der Waals surface area contributed by atoms with Gasteiger partial charge in [-0.05, 0) is 25.8 Å². The molecule has 0 amide bonds. The molecule has 0 aromatic carbocycles. The number of ether oxygens (including phenoxy) is 2. The topological polar surface area (TPSA) is 375 Å². The summed E-state index contributed by atoms with van der Waals surface area (Å²) in [6.45, 7) is 0.901. The van der Waals surface area contributed by atoms with E-state index < -0.39 is 99.2 Å². The van der Waals surface area contributed by atoms with Crippen LogP contribution in [0.1, 0.15) is 96.8 Å². The minimum atomic E-state index is -5.77. The Morgan fingerprint density at radius 2 is 1.00 bits per heavy atom. The predicted molar refractivity (Wildman–Crippen MR) is 184 cm³/mol. The van der Waals surface area contributed by atoms with Gasteiger partial charge in [0.1, 0.15) is 43.2 Å². The van der Waals surface area contributed by atoms with E-state index in [4.69, 9.17) is 24.3 Å². The molecule has 0 spiro atoms. The molecule has 0 saturated heterocycles. The van der Waals surface area contributed by atoms with Gasteiger partial charge in [-0.3, -0.25) is 32.2 Å². The third kappa shape index (κ3) is 22.9. The van der Waals surface area contributed by atoms with Gasteiger partial charge in [0.2, 0.25) is 0 Å². The van der Waals surface area contributed by atoms with Crippen LogP contribution < -0.4 is 5.73 Å². The molecule has 23 nitrogen and oxygen atoms in total. The number of hydrogen-bond acceptors (Lipinski definition) is 16. The number of rotatable bonds is 29. The number of carbonyl (C=O) groups excluding carboxylic acids is 2. The van der Waals surface area contributed by atoms with Crippen LogP contribution in [-0.2, 0) is 59.9 Å². The van der Waals surface area contributed by atoms with E-state index in [9.17, 15) is 72.3 Å². The van der Waals surface area contributed by atoms with Gasteiger partial charge < -0.3 is 59.7 Å². The van der Waals surface area contributed by atoms with Crippen molar-refractivity contribution >= 4 is 43.2 Å². The van der Waals surface area contributed by atoms with Crippen molar-refractivity contribution in [1.29, 1.82) is 0 Å². The molecule has 0 heterocycles. The molecule has 0 radical (unpaired) electrons. The van der Waals surface area contributed by atoms with Gasteiger partial charge in [0, 0.05) is 12.8 Å². The van der Waals surface area contributed by atoms with Gasteiger partial charge >= 0.3 is 43.2 Å². The first-order valence-electron chi connectivity index (χ1n) is 17.3. The molecule has 27 heteroatoms. The molecule has 3 unspecified atom stereocenters. The molecule has 0 aromatic rings. The maximum Gasteiger partial charge on any atom is 0.472 e. The van der Waals surface area contributed by atoms with Crippen LogP contribution in [0.15, 0.2) is 0 Å². The number of phosphoric acid groups is 4. The van der Waals surface area contributed by atoms with Crippen molar-refractivity contribution in [3.05, 3.63) is 0 Å². The van der Waals surface area contributed by atoms with Crippen molar-refractivity contribution in [2.45, 2.75) is 140 Å². The van der Waals surface area contributed by atoms with Crippen molar-refractivity contribution < 1.29 is 104 Å². The Kier molecular flexibility index (Phi) is 23.6. The average Bonchev–Trinajstić information content (AvgIpc) is 3.04. The zero-order valence-corrected chi connectivity index (χ0v) is 33.3. The predicted octanol–water partition coefficient (Wildman–Crippen LogP) is 1.55. The van der Waals surface area contributed by atoms with E-state index in [1.165, 1.54) is 0 Å². The van der Waals surface area contributed by atoms with Crippen molar-refractivity contribution in [1.82, 2.24) is 0 Å².